The Morgan fingerprint density at radius 2 is 1.80 bits per heavy atom. The van der Waals surface area contributed by atoms with Crippen LogP contribution in [0.1, 0.15) is 21.5 Å². The molecule has 0 unspecified atom stereocenters. The number of nitro groups is 1. The molecule has 0 amide bonds. The molecule has 3 aromatic carbocycles. The number of nitrogens with zero attached hydrogens (tertiary/aromatic N) is 2. The van der Waals surface area contributed by atoms with E-state index in [0.29, 0.717) is 11.6 Å². The fourth-order valence-electron chi connectivity index (χ4n) is 3.36. The number of carbonyl (C=O) groups excluding carboxylic acids is 1. The predicted octanol–water partition coefficient (Wildman–Crippen LogP) is 6.15. The van der Waals surface area contributed by atoms with Gasteiger partial charge >= 0.3 is 0 Å². The van der Waals surface area contributed by atoms with Gasteiger partial charge in [0.15, 0.2) is 5.78 Å². The number of benzene rings is 3. The van der Waals surface area contributed by atoms with Gasteiger partial charge in [0.2, 0.25) is 0 Å². The molecule has 5 nitrogen and oxygen atoms in total. The molecule has 30 heavy (non-hydrogen) atoms. The summed E-state index contributed by atoms with van der Waals surface area (Å²) in [5.41, 5.74) is 3.25. The Bertz CT molecular complexity index is 1270. The van der Waals surface area contributed by atoms with Gasteiger partial charge in [-0.2, -0.15) is 0 Å². The van der Waals surface area contributed by atoms with Gasteiger partial charge in [0, 0.05) is 51.9 Å². The summed E-state index contributed by atoms with van der Waals surface area (Å²) in [6.45, 7) is 0.671. The Kier molecular flexibility index (Phi) is 5.46. The van der Waals surface area contributed by atoms with Crippen molar-refractivity contribution >= 4 is 40.1 Å². The van der Waals surface area contributed by atoms with Crippen LogP contribution in [0.4, 0.5) is 5.69 Å². The number of allylic oxidation sites excluding steroid dienone is 1. The fraction of sp³-hybridized carbons (Fsp3) is 0.0417. The molecule has 0 aliphatic heterocycles. The van der Waals surface area contributed by atoms with E-state index in [1.807, 2.05) is 54.7 Å². The Morgan fingerprint density at radius 1 is 1.03 bits per heavy atom. The Balaban J connectivity index is 1.64. The maximum Gasteiger partial charge on any atom is 0.270 e. The van der Waals surface area contributed by atoms with Crippen molar-refractivity contribution in [1.29, 1.82) is 0 Å². The molecule has 1 aromatic heterocycles. The van der Waals surface area contributed by atoms with Crippen molar-refractivity contribution in [3.05, 3.63) is 117 Å². The standard InChI is InChI=1S/C24H17ClN2O3/c25-20-11-8-17(9-12-20)15-26-16-19(22-6-1-2-7-23(22)26)10-13-24(28)18-4-3-5-21(14-18)27(29)30/h1-14,16H,15H2/b13-10+. The molecule has 6 heteroatoms. The van der Waals surface area contributed by atoms with Crippen molar-refractivity contribution in [2.24, 2.45) is 0 Å². The smallest absolute Gasteiger partial charge is 0.270 e. The van der Waals surface area contributed by atoms with Crippen LogP contribution in [-0.4, -0.2) is 15.3 Å². The molecule has 0 radical (unpaired) electrons. The first-order valence-corrected chi connectivity index (χ1v) is 9.68. The summed E-state index contributed by atoms with van der Waals surface area (Å²) in [6, 6.07) is 21.4. The SMILES string of the molecule is O=C(/C=C/c1cn(Cc2ccc(Cl)cc2)c2ccccc12)c1cccc([N+](=O)[O-])c1. The van der Waals surface area contributed by atoms with Crippen molar-refractivity contribution in [3.63, 3.8) is 0 Å². The van der Waals surface area contributed by atoms with Crippen LogP contribution in [0.3, 0.4) is 0 Å². The maximum absolute atomic E-state index is 12.5. The number of fused-ring (bicyclic) bond motifs is 1. The highest BCUT2D eigenvalue weighted by Crippen LogP contribution is 2.24. The fourth-order valence-corrected chi connectivity index (χ4v) is 3.49. The molecule has 4 rings (SSSR count). The average Bonchev–Trinajstić information content (AvgIpc) is 3.11. The lowest BCUT2D eigenvalue weighted by Crippen LogP contribution is -1.97. The van der Waals surface area contributed by atoms with E-state index in [9.17, 15) is 14.9 Å². The van der Waals surface area contributed by atoms with Gasteiger partial charge < -0.3 is 4.57 Å². The van der Waals surface area contributed by atoms with Gasteiger partial charge in [-0.05, 0) is 35.9 Å². The van der Waals surface area contributed by atoms with Gasteiger partial charge in [-0.25, -0.2) is 0 Å². The first-order chi connectivity index (χ1) is 14.5. The lowest BCUT2D eigenvalue weighted by atomic mass is 10.1. The zero-order chi connectivity index (χ0) is 21.1. The number of halogens is 1. The van der Waals surface area contributed by atoms with E-state index in [0.717, 1.165) is 22.0 Å². The summed E-state index contributed by atoms with van der Waals surface area (Å²) in [4.78, 5) is 23.0. The number of aromatic nitrogens is 1. The lowest BCUT2D eigenvalue weighted by molar-refractivity contribution is -0.384. The Labute approximate surface area is 178 Å². The molecular weight excluding hydrogens is 400 g/mol. The summed E-state index contributed by atoms with van der Waals surface area (Å²) >= 11 is 5.98. The van der Waals surface area contributed by atoms with E-state index < -0.39 is 4.92 Å². The Hall–Kier alpha value is -3.70. The molecule has 0 N–H and O–H groups in total. The van der Waals surface area contributed by atoms with Crippen molar-refractivity contribution in [2.75, 3.05) is 0 Å². The molecule has 0 saturated heterocycles. The van der Waals surface area contributed by atoms with Crippen molar-refractivity contribution in [3.8, 4) is 0 Å². The first kappa shape index (κ1) is 19.6. The van der Waals surface area contributed by atoms with E-state index in [1.165, 1.54) is 24.3 Å². The second-order valence-corrected chi connectivity index (χ2v) is 7.30. The van der Waals surface area contributed by atoms with Crippen LogP contribution in [0.2, 0.25) is 5.02 Å². The van der Waals surface area contributed by atoms with E-state index in [1.54, 1.807) is 12.1 Å². The number of hydrogen-bond donors (Lipinski definition) is 0. The minimum absolute atomic E-state index is 0.103. The number of carbonyl (C=O) groups is 1. The van der Waals surface area contributed by atoms with Crippen LogP contribution < -0.4 is 0 Å². The molecule has 0 saturated carbocycles. The predicted molar refractivity (Wildman–Crippen MR) is 119 cm³/mol. The molecule has 0 aliphatic rings. The van der Waals surface area contributed by atoms with Crippen LogP contribution in [0.15, 0.2) is 85.1 Å². The van der Waals surface area contributed by atoms with E-state index >= 15 is 0 Å². The molecule has 0 bridgehead atoms. The number of para-hydroxylation sites is 1. The molecule has 4 aromatic rings. The summed E-state index contributed by atoms with van der Waals surface area (Å²) in [5, 5.41) is 12.7. The van der Waals surface area contributed by atoms with Gasteiger partial charge in [-0.3, -0.25) is 14.9 Å². The number of rotatable bonds is 6. The Morgan fingerprint density at radius 3 is 2.57 bits per heavy atom. The molecular formula is C24H17ClN2O3. The zero-order valence-electron chi connectivity index (χ0n) is 15.9. The number of hydrogen-bond acceptors (Lipinski definition) is 3. The molecule has 0 fully saturated rings. The highest BCUT2D eigenvalue weighted by Gasteiger charge is 2.11. The highest BCUT2D eigenvalue weighted by molar-refractivity contribution is 6.30. The summed E-state index contributed by atoms with van der Waals surface area (Å²) in [7, 11) is 0. The summed E-state index contributed by atoms with van der Waals surface area (Å²) in [5.74, 6) is -0.284. The molecule has 0 aliphatic carbocycles. The van der Waals surface area contributed by atoms with E-state index in [-0.39, 0.29) is 17.0 Å². The van der Waals surface area contributed by atoms with Crippen molar-refractivity contribution in [2.45, 2.75) is 6.54 Å². The molecule has 0 spiro atoms. The second-order valence-electron chi connectivity index (χ2n) is 6.86. The third kappa shape index (κ3) is 4.16. The van der Waals surface area contributed by atoms with Crippen LogP contribution in [-0.2, 0) is 6.54 Å². The quantitative estimate of drug-likeness (QED) is 0.164. The van der Waals surface area contributed by atoms with Crippen LogP contribution in [0.5, 0.6) is 0 Å². The molecule has 148 valence electrons. The molecule has 1 heterocycles. The third-order valence-corrected chi connectivity index (χ3v) is 5.09. The van der Waals surface area contributed by atoms with Gasteiger partial charge in [0.25, 0.3) is 5.69 Å². The largest absolute Gasteiger partial charge is 0.342 e. The summed E-state index contributed by atoms with van der Waals surface area (Å²) in [6.07, 6.45) is 5.20. The van der Waals surface area contributed by atoms with Gasteiger partial charge in [-0.15, -0.1) is 0 Å². The average molecular weight is 417 g/mol. The highest BCUT2D eigenvalue weighted by atomic mass is 35.5. The van der Waals surface area contributed by atoms with Crippen molar-refractivity contribution in [1.82, 2.24) is 4.57 Å². The van der Waals surface area contributed by atoms with Crippen LogP contribution in [0.25, 0.3) is 17.0 Å². The normalized spacial score (nSPS) is 11.2. The van der Waals surface area contributed by atoms with E-state index in [4.69, 9.17) is 11.6 Å². The number of nitro benzene ring substituents is 1. The number of ketones is 1. The first-order valence-electron chi connectivity index (χ1n) is 9.30. The molecule has 0 atom stereocenters. The van der Waals surface area contributed by atoms with Crippen LogP contribution >= 0.6 is 11.6 Å². The van der Waals surface area contributed by atoms with E-state index in [2.05, 4.69) is 4.57 Å². The topological polar surface area (TPSA) is 65.1 Å². The number of non-ortho nitro benzene ring substituents is 1. The van der Waals surface area contributed by atoms with Crippen molar-refractivity contribution < 1.29 is 9.72 Å². The maximum atomic E-state index is 12.5. The minimum atomic E-state index is -0.509. The van der Waals surface area contributed by atoms with Crippen LogP contribution in [0, 0.1) is 10.1 Å². The third-order valence-electron chi connectivity index (χ3n) is 4.84. The monoisotopic (exact) mass is 416 g/mol. The van der Waals surface area contributed by atoms with Gasteiger partial charge in [0.1, 0.15) is 0 Å². The minimum Gasteiger partial charge on any atom is -0.342 e. The summed E-state index contributed by atoms with van der Waals surface area (Å²) < 4.78 is 2.12. The lowest BCUT2D eigenvalue weighted by Gasteiger charge is -2.05. The zero-order valence-corrected chi connectivity index (χ0v) is 16.6. The van der Waals surface area contributed by atoms with Gasteiger partial charge in [-0.1, -0.05) is 54.1 Å². The van der Waals surface area contributed by atoms with Gasteiger partial charge in [0.05, 0.1) is 4.92 Å². The second kappa shape index (κ2) is 8.35.